The van der Waals surface area contributed by atoms with Crippen LogP contribution in [0.25, 0.3) is 0 Å². The van der Waals surface area contributed by atoms with Crippen LogP contribution in [0, 0.1) is 6.92 Å². The van der Waals surface area contributed by atoms with Crippen molar-refractivity contribution in [3.63, 3.8) is 0 Å². The second-order valence-electron chi connectivity index (χ2n) is 6.23. The fourth-order valence-corrected chi connectivity index (χ4v) is 5.01. The zero-order valence-electron chi connectivity index (χ0n) is 12.7. The molecule has 1 N–H and O–H groups in total. The number of phenolic OH excluding ortho intramolecular Hbond substituents is 1. The van der Waals surface area contributed by atoms with E-state index in [1.165, 1.54) is 16.8 Å². The van der Waals surface area contributed by atoms with Gasteiger partial charge in [0.15, 0.2) is 0 Å². The Morgan fingerprint density at radius 3 is 2.25 bits per heavy atom. The number of hydrogen-bond donors (Lipinski definition) is 1. The number of benzene rings is 2. The first kappa shape index (κ1) is 14.9. The number of para-hydroxylation sites is 1. The van der Waals surface area contributed by atoms with Crippen LogP contribution in [0.4, 0.5) is 0 Å². The highest BCUT2D eigenvalue weighted by Crippen LogP contribution is 2.21. The molecule has 2 heteroatoms. The molecule has 0 radical (unpaired) electrons. The van der Waals surface area contributed by atoms with Crippen molar-refractivity contribution in [2.24, 2.45) is 0 Å². The van der Waals surface area contributed by atoms with Crippen LogP contribution in [0.5, 0.6) is 5.75 Å². The molecule has 0 bridgehead atoms. The maximum Gasteiger partial charge on any atom is 0.118 e. The Bertz CT molecular complexity index is 558. The van der Waals surface area contributed by atoms with E-state index in [0.29, 0.717) is 5.75 Å². The number of aromatic hydroxyl groups is 1. The van der Waals surface area contributed by atoms with E-state index in [4.69, 9.17) is 0 Å². The van der Waals surface area contributed by atoms with Gasteiger partial charge in [-0.3, -0.25) is 0 Å². The van der Waals surface area contributed by atoms with E-state index in [1.54, 1.807) is 6.07 Å². The number of hydrogen-bond acceptors (Lipinski definition) is 1. The van der Waals surface area contributed by atoms with Crippen molar-refractivity contribution in [1.29, 1.82) is 0 Å². The summed E-state index contributed by atoms with van der Waals surface area (Å²) in [6.07, 6.45) is 2.11. The molecule has 0 fully saturated rings. The van der Waals surface area contributed by atoms with E-state index >= 15 is 0 Å². The molecule has 0 atom stereocenters. The van der Waals surface area contributed by atoms with Crippen LogP contribution in [-0.2, 0) is 6.42 Å². The smallest absolute Gasteiger partial charge is 0.118 e. The lowest BCUT2D eigenvalue weighted by Crippen LogP contribution is -2.41. The highest BCUT2D eigenvalue weighted by atomic mass is 28.3. The highest BCUT2D eigenvalue weighted by Gasteiger charge is 2.22. The molecule has 0 aliphatic heterocycles. The Labute approximate surface area is 123 Å². The van der Waals surface area contributed by atoms with Gasteiger partial charge in [-0.25, -0.2) is 0 Å². The zero-order valence-corrected chi connectivity index (χ0v) is 13.7. The minimum absolute atomic E-state index is 0.433. The molecule has 2 rings (SSSR count). The van der Waals surface area contributed by atoms with Crippen molar-refractivity contribution in [1.82, 2.24) is 0 Å². The maximum atomic E-state index is 9.80. The molecule has 2 aromatic carbocycles. The summed E-state index contributed by atoms with van der Waals surface area (Å²) < 4.78 is 0. The number of phenols is 1. The molecule has 0 spiro atoms. The Hall–Kier alpha value is -1.54. The van der Waals surface area contributed by atoms with Gasteiger partial charge in [0, 0.05) is 0 Å². The number of rotatable bonds is 5. The SMILES string of the molecule is Cc1ccc([Si](C)(C)CCCc2ccccc2O)cc1. The normalized spacial score (nSPS) is 11.6. The summed E-state index contributed by atoms with van der Waals surface area (Å²) in [6.45, 7) is 7.00. The van der Waals surface area contributed by atoms with E-state index in [1.807, 2.05) is 18.2 Å². The van der Waals surface area contributed by atoms with Gasteiger partial charge in [0.25, 0.3) is 0 Å². The van der Waals surface area contributed by atoms with Crippen molar-refractivity contribution in [3.05, 3.63) is 59.7 Å². The zero-order chi connectivity index (χ0) is 14.6. The Balaban J connectivity index is 1.96. The molecule has 0 aliphatic rings. The van der Waals surface area contributed by atoms with Gasteiger partial charge in [-0.2, -0.15) is 0 Å². The van der Waals surface area contributed by atoms with E-state index in [9.17, 15) is 5.11 Å². The summed E-state index contributed by atoms with van der Waals surface area (Å²) in [5, 5.41) is 11.3. The highest BCUT2D eigenvalue weighted by molar-refractivity contribution is 6.89. The van der Waals surface area contributed by atoms with E-state index in [2.05, 4.69) is 44.3 Å². The van der Waals surface area contributed by atoms with Gasteiger partial charge in [-0.05, 0) is 25.0 Å². The fourth-order valence-electron chi connectivity index (χ4n) is 2.59. The van der Waals surface area contributed by atoms with E-state index in [0.717, 1.165) is 18.4 Å². The topological polar surface area (TPSA) is 20.2 Å². The second-order valence-corrected chi connectivity index (χ2v) is 11.1. The van der Waals surface area contributed by atoms with E-state index in [-0.39, 0.29) is 0 Å². The molecular weight excluding hydrogens is 260 g/mol. The summed E-state index contributed by atoms with van der Waals surface area (Å²) >= 11 is 0. The lowest BCUT2D eigenvalue weighted by Gasteiger charge is -2.23. The van der Waals surface area contributed by atoms with Crippen LogP contribution in [-0.4, -0.2) is 13.2 Å². The summed E-state index contributed by atoms with van der Waals surface area (Å²) in [5.74, 6) is 0.433. The average Bonchev–Trinajstić information content (AvgIpc) is 2.41. The Morgan fingerprint density at radius 1 is 0.950 bits per heavy atom. The minimum Gasteiger partial charge on any atom is -0.508 e. The summed E-state index contributed by atoms with van der Waals surface area (Å²) in [7, 11) is -1.36. The van der Waals surface area contributed by atoms with Crippen molar-refractivity contribution in [2.75, 3.05) is 0 Å². The van der Waals surface area contributed by atoms with Crippen molar-refractivity contribution >= 4 is 13.3 Å². The van der Waals surface area contributed by atoms with Gasteiger partial charge in [0.1, 0.15) is 5.75 Å². The second kappa shape index (κ2) is 6.27. The first-order valence-corrected chi connectivity index (χ1v) is 10.5. The van der Waals surface area contributed by atoms with Crippen LogP contribution in [0.15, 0.2) is 48.5 Å². The monoisotopic (exact) mass is 284 g/mol. The van der Waals surface area contributed by atoms with Gasteiger partial charge in [0.2, 0.25) is 0 Å². The molecule has 20 heavy (non-hydrogen) atoms. The van der Waals surface area contributed by atoms with E-state index < -0.39 is 8.07 Å². The molecule has 0 saturated carbocycles. The third kappa shape index (κ3) is 3.73. The standard InChI is InChI=1S/C18H24OSi/c1-15-10-12-17(13-11-15)20(2,3)14-6-8-16-7-4-5-9-18(16)19/h4-5,7,9-13,19H,6,8,14H2,1-3H3. The molecule has 0 aliphatic carbocycles. The molecule has 0 aromatic heterocycles. The van der Waals surface area contributed by atoms with Crippen molar-refractivity contribution in [2.45, 2.75) is 38.9 Å². The van der Waals surface area contributed by atoms with Crippen molar-refractivity contribution < 1.29 is 5.11 Å². The molecule has 0 saturated heterocycles. The van der Waals surface area contributed by atoms with Gasteiger partial charge in [-0.15, -0.1) is 0 Å². The molecular formula is C18H24OSi. The third-order valence-corrected chi connectivity index (χ3v) is 7.57. The molecule has 0 unspecified atom stereocenters. The van der Waals surface area contributed by atoms with Crippen LogP contribution < -0.4 is 5.19 Å². The largest absolute Gasteiger partial charge is 0.508 e. The molecule has 0 amide bonds. The quantitative estimate of drug-likeness (QED) is 0.814. The third-order valence-electron chi connectivity index (χ3n) is 4.07. The fraction of sp³-hybridized carbons (Fsp3) is 0.333. The van der Waals surface area contributed by atoms with Crippen LogP contribution in [0.3, 0.4) is 0 Å². The predicted octanol–water partition coefficient (Wildman–Crippen LogP) is 4.25. The summed E-state index contributed by atoms with van der Waals surface area (Å²) in [6, 6.07) is 17.9. The van der Waals surface area contributed by atoms with Gasteiger partial charge in [-0.1, -0.05) is 78.8 Å². The molecule has 1 nitrogen and oxygen atoms in total. The minimum atomic E-state index is -1.36. The van der Waals surface area contributed by atoms with Crippen molar-refractivity contribution in [3.8, 4) is 5.75 Å². The average molecular weight is 284 g/mol. The molecule has 2 aromatic rings. The first-order valence-electron chi connectivity index (χ1n) is 7.33. The Kier molecular flexibility index (Phi) is 4.66. The van der Waals surface area contributed by atoms with Gasteiger partial charge >= 0.3 is 0 Å². The summed E-state index contributed by atoms with van der Waals surface area (Å²) in [5.41, 5.74) is 2.40. The lowest BCUT2D eigenvalue weighted by atomic mass is 10.1. The lowest BCUT2D eigenvalue weighted by molar-refractivity contribution is 0.467. The van der Waals surface area contributed by atoms with Crippen LogP contribution in [0.1, 0.15) is 17.5 Å². The van der Waals surface area contributed by atoms with Gasteiger partial charge < -0.3 is 5.11 Å². The number of aryl methyl sites for hydroxylation is 2. The summed E-state index contributed by atoms with van der Waals surface area (Å²) in [4.78, 5) is 0. The van der Waals surface area contributed by atoms with Gasteiger partial charge in [0.05, 0.1) is 8.07 Å². The Morgan fingerprint density at radius 2 is 1.60 bits per heavy atom. The maximum absolute atomic E-state index is 9.80. The van der Waals surface area contributed by atoms with Crippen LogP contribution in [0.2, 0.25) is 19.1 Å². The molecule has 0 heterocycles. The molecule has 106 valence electrons. The predicted molar refractivity (Wildman–Crippen MR) is 89.5 cm³/mol. The first-order chi connectivity index (χ1) is 9.49. The van der Waals surface area contributed by atoms with Crippen LogP contribution >= 0.6 is 0 Å².